The molecule has 1 aliphatic carbocycles. The number of ether oxygens (including phenoxy) is 2. The van der Waals surface area contributed by atoms with Crippen LogP contribution >= 0.6 is 0 Å². The van der Waals surface area contributed by atoms with E-state index < -0.39 is 0 Å². The van der Waals surface area contributed by atoms with Crippen LogP contribution in [0, 0.1) is 0 Å². The Bertz CT molecular complexity index is 217. The van der Waals surface area contributed by atoms with Crippen molar-refractivity contribution in [2.75, 3.05) is 0 Å². The van der Waals surface area contributed by atoms with Gasteiger partial charge < -0.3 is 9.47 Å². The van der Waals surface area contributed by atoms with E-state index in [9.17, 15) is 0 Å². The quantitative estimate of drug-likeness (QED) is 0.424. The molecule has 0 aromatic heterocycles. The molecule has 2 fully saturated rings. The van der Waals surface area contributed by atoms with Crippen molar-refractivity contribution in [3.05, 3.63) is 24.0 Å². The van der Waals surface area contributed by atoms with Gasteiger partial charge in [0.25, 0.3) is 0 Å². The number of epoxide rings is 2. The van der Waals surface area contributed by atoms with Crippen molar-refractivity contribution in [2.45, 2.75) is 11.9 Å². The molecule has 0 bridgehead atoms. The highest BCUT2D eigenvalue weighted by Gasteiger charge is 2.75. The molecule has 3 aliphatic rings. The molecule has 0 saturated carbocycles. The van der Waals surface area contributed by atoms with E-state index in [0.717, 1.165) is 5.76 Å². The molecule has 0 amide bonds. The molecule has 0 radical (unpaired) electrons. The van der Waals surface area contributed by atoms with Crippen molar-refractivity contribution in [3.8, 4) is 0 Å². The summed E-state index contributed by atoms with van der Waals surface area (Å²) in [7, 11) is 0. The second-order valence-corrected chi connectivity index (χ2v) is 2.22. The number of allylic oxidation sites excluding steroid dienone is 2. The summed E-state index contributed by atoms with van der Waals surface area (Å²) in [5.41, 5.74) is 0. The minimum Gasteiger partial charge on any atom is -0.449 e. The van der Waals surface area contributed by atoms with Gasteiger partial charge in [0.15, 0.2) is 11.9 Å². The minimum absolute atomic E-state index is 0.214. The Hall–Kier alpha value is -0.760. The third-order valence-electron chi connectivity index (χ3n) is 1.72. The van der Waals surface area contributed by atoms with E-state index in [-0.39, 0.29) is 11.9 Å². The van der Waals surface area contributed by atoms with Crippen LogP contribution in [0.2, 0.25) is 0 Å². The molecule has 2 saturated heterocycles. The van der Waals surface area contributed by atoms with E-state index in [1.54, 1.807) is 0 Å². The highest BCUT2D eigenvalue weighted by molar-refractivity contribution is 5.41. The van der Waals surface area contributed by atoms with Crippen LogP contribution in [0.4, 0.5) is 0 Å². The van der Waals surface area contributed by atoms with Crippen LogP contribution in [0.3, 0.4) is 0 Å². The van der Waals surface area contributed by atoms with Gasteiger partial charge in [-0.3, -0.25) is 0 Å². The van der Waals surface area contributed by atoms with Gasteiger partial charge in [0.05, 0.1) is 0 Å². The SMILES string of the molecule is C1=CC2OC23OC3=C1. The second-order valence-electron chi connectivity index (χ2n) is 2.22. The summed E-state index contributed by atoms with van der Waals surface area (Å²) in [5, 5.41) is 0. The third-order valence-corrected chi connectivity index (χ3v) is 1.72. The lowest BCUT2D eigenvalue weighted by Gasteiger charge is -1.73. The maximum absolute atomic E-state index is 5.16. The number of hydrogen-bond donors (Lipinski definition) is 0. The first-order valence-corrected chi connectivity index (χ1v) is 2.68. The molecule has 2 heterocycles. The van der Waals surface area contributed by atoms with E-state index >= 15 is 0 Å². The molecular weight excluding hydrogens is 104 g/mol. The predicted octanol–water partition coefficient (Wildman–Crippen LogP) is 0.565. The van der Waals surface area contributed by atoms with Gasteiger partial charge in [0, 0.05) is 0 Å². The zero-order valence-electron chi connectivity index (χ0n) is 4.13. The Kier molecular flexibility index (Phi) is 0.268. The van der Waals surface area contributed by atoms with Gasteiger partial charge in [-0.2, -0.15) is 0 Å². The van der Waals surface area contributed by atoms with Crippen molar-refractivity contribution in [2.24, 2.45) is 0 Å². The number of hydrogen-bond acceptors (Lipinski definition) is 2. The van der Waals surface area contributed by atoms with Gasteiger partial charge in [-0.15, -0.1) is 0 Å². The van der Waals surface area contributed by atoms with E-state index in [1.165, 1.54) is 0 Å². The Morgan fingerprint density at radius 3 is 3.38 bits per heavy atom. The second kappa shape index (κ2) is 0.650. The van der Waals surface area contributed by atoms with Crippen LogP contribution in [0.5, 0.6) is 0 Å². The molecule has 2 aliphatic heterocycles. The molecule has 2 nitrogen and oxygen atoms in total. The van der Waals surface area contributed by atoms with E-state index in [1.807, 2.05) is 18.2 Å². The standard InChI is InChI=1S/C6H4O2/c1-2-4-6(7-4)5(3-1)8-6/h1-4H. The normalized spacial score (nSPS) is 53.0. The maximum atomic E-state index is 5.16. The van der Waals surface area contributed by atoms with E-state index in [0.29, 0.717) is 0 Å². The molecule has 1 spiro atoms. The molecule has 2 heteroatoms. The molecule has 2 atom stereocenters. The van der Waals surface area contributed by atoms with E-state index in [4.69, 9.17) is 9.47 Å². The summed E-state index contributed by atoms with van der Waals surface area (Å²) < 4.78 is 10.3. The molecule has 40 valence electrons. The average Bonchev–Trinajstić information content (AvgIpc) is 2.45. The van der Waals surface area contributed by atoms with Crippen LogP contribution in [0.25, 0.3) is 0 Å². The first-order valence-electron chi connectivity index (χ1n) is 2.68. The van der Waals surface area contributed by atoms with Gasteiger partial charge in [-0.1, -0.05) is 6.08 Å². The fourth-order valence-electron chi connectivity index (χ4n) is 1.13. The Morgan fingerprint density at radius 2 is 2.62 bits per heavy atom. The summed E-state index contributed by atoms with van der Waals surface area (Å²) in [4.78, 5) is 0. The highest BCUT2D eigenvalue weighted by Crippen LogP contribution is 2.60. The third kappa shape index (κ3) is 0.174. The lowest BCUT2D eigenvalue weighted by atomic mass is 10.2. The molecule has 0 aromatic rings. The van der Waals surface area contributed by atoms with Crippen LogP contribution in [-0.4, -0.2) is 11.9 Å². The van der Waals surface area contributed by atoms with Gasteiger partial charge >= 0.3 is 5.79 Å². The van der Waals surface area contributed by atoms with Gasteiger partial charge in [-0.25, -0.2) is 0 Å². The zero-order valence-corrected chi connectivity index (χ0v) is 4.13. The smallest absolute Gasteiger partial charge is 0.300 e. The maximum Gasteiger partial charge on any atom is 0.300 e. The highest BCUT2D eigenvalue weighted by atomic mass is 16.9. The van der Waals surface area contributed by atoms with Crippen LogP contribution < -0.4 is 0 Å². The molecule has 8 heavy (non-hydrogen) atoms. The number of rotatable bonds is 0. The molecular formula is C6H4O2. The topological polar surface area (TPSA) is 25.1 Å². The van der Waals surface area contributed by atoms with Crippen LogP contribution in [0.1, 0.15) is 0 Å². The van der Waals surface area contributed by atoms with Crippen molar-refractivity contribution in [3.63, 3.8) is 0 Å². The van der Waals surface area contributed by atoms with Crippen molar-refractivity contribution >= 4 is 0 Å². The average molecular weight is 108 g/mol. The lowest BCUT2D eigenvalue weighted by molar-refractivity contribution is 0.255. The summed E-state index contributed by atoms with van der Waals surface area (Å²) in [5.74, 6) is 0.791. The fourth-order valence-corrected chi connectivity index (χ4v) is 1.13. The summed E-state index contributed by atoms with van der Waals surface area (Å²) >= 11 is 0. The largest absolute Gasteiger partial charge is 0.449 e. The Morgan fingerprint density at radius 1 is 1.62 bits per heavy atom. The summed E-state index contributed by atoms with van der Waals surface area (Å²) in [6.07, 6.45) is 6.18. The molecule has 2 unspecified atom stereocenters. The monoisotopic (exact) mass is 108 g/mol. The zero-order chi connectivity index (χ0) is 5.19. The molecule has 3 rings (SSSR count). The predicted molar refractivity (Wildman–Crippen MR) is 25.9 cm³/mol. The van der Waals surface area contributed by atoms with Crippen LogP contribution in [-0.2, 0) is 9.47 Å². The summed E-state index contributed by atoms with van der Waals surface area (Å²) in [6, 6.07) is 0. The van der Waals surface area contributed by atoms with Crippen molar-refractivity contribution < 1.29 is 9.47 Å². The molecule has 0 aromatic carbocycles. The molecule has 0 N–H and O–H groups in total. The first kappa shape index (κ1) is 3.30. The Balaban J connectivity index is 2.24. The fraction of sp³-hybridized carbons (Fsp3) is 0.333. The van der Waals surface area contributed by atoms with Crippen molar-refractivity contribution in [1.29, 1.82) is 0 Å². The Labute approximate surface area is 46.4 Å². The van der Waals surface area contributed by atoms with Gasteiger partial charge in [0.1, 0.15) is 0 Å². The van der Waals surface area contributed by atoms with Crippen LogP contribution in [0.15, 0.2) is 24.0 Å². The van der Waals surface area contributed by atoms with Crippen molar-refractivity contribution in [1.82, 2.24) is 0 Å². The van der Waals surface area contributed by atoms with Gasteiger partial charge in [0.2, 0.25) is 0 Å². The summed E-state index contributed by atoms with van der Waals surface area (Å²) in [6.45, 7) is 0. The van der Waals surface area contributed by atoms with Gasteiger partial charge in [-0.05, 0) is 12.2 Å². The first-order chi connectivity index (χ1) is 3.92. The minimum atomic E-state index is -0.214. The lowest BCUT2D eigenvalue weighted by Crippen LogP contribution is -1.90. The van der Waals surface area contributed by atoms with E-state index in [2.05, 4.69) is 0 Å².